The first-order chi connectivity index (χ1) is 12.8. The van der Waals surface area contributed by atoms with E-state index in [1.165, 1.54) is 60.4 Å². The number of hydrogen-bond donors (Lipinski definition) is 0. The van der Waals surface area contributed by atoms with Crippen LogP contribution in [0.25, 0.3) is 21.9 Å². The van der Waals surface area contributed by atoms with Crippen LogP contribution in [0.1, 0.15) is 36.8 Å². The molecule has 0 N–H and O–H groups in total. The third kappa shape index (κ3) is 2.08. The van der Waals surface area contributed by atoms with Crippen molar-refractivity contribution in [3.8, 4) is 11.1 Å². The topological polar surface area (TPSA) is 0 Å². The molecule has 2 atom stereocenters. The molecule has 0 aromatic heterocycles. The van der Waals surface area contributed by atoms with Crippen molar-refractivity contribution in [2.75, 3.05) is 0 Å². The number of benzene rings is 3. The normalized spacial score (nSPS) is 26.3. The van der Waals surface area contributed by atoms with Crippen molar-refractivity contribution >= 4 is 10.8 Å². The van der Waals surface area contributed by atoms with Crippen molar-refractivity contribution in [2.45, 2.75) is 38.5 Å². The lowest BCUT2D eigenvalue weighted by Crippen LogP contribution is -2.33. The quantitative estimate of drug-likeness (QED) is 0.433. The lowest BCUT2D eigenvalue weighted by molar-refractivity contribution is 0.169. The van der Waals surface area contributed by atoms with Gasteiger partial charge in [0.2, 0.25) is 0 Å². The van der Waals surface area contributed by atoms with Crippen LogP contribution < -0.4 is 0 Å². The highest BCUT2D eigenvalue weighted by atomic mass is 14.5. The predicted molar refractivity (Wildman–Crippen MR) is 109 cm³/mol. The summed E-state index contributed by atoms with van der Waals surface area (Å²) in [5.74, 6) is 0.922. The van der Waals surface area contributed by atoms with Gasteiger partial charge in [-0.3, -0.25) is 0 Å². The van der Waals surface area contributed by atoms with Crippen LogP contribution in [0.3, 0.4) is 0 Å². The molecule has 0 heterocycles. The maximum atomic E-state index is 2.54. The maximum absolute atomic E-state index is 2.54. The van der Waals surface area contributed by atoms with E-state index in [1.54, 1.807) is 16.7 Å². The van der Waals surface area contributed by atoms with Gasteiger partial charge in [-0.05, 0) is 82.9 Å². The molecule has 1 spiro atoms. The second kappa shape index (κ2) is 5.33. The molecule has 0 aliphatic heterocycles. The van der Waals surface area contributed by atoms with Gasteiger partial charge in [-0.1, -0.05) is 72.3 Å². The van der Waals surface area contributed by atoms with Crippen LogP contribution in [0, 0.1) is 11.3 Å². The summed E-state index contributed by atoms with van der Waals surface area (Å²) < 4.78 is 0. The number of aryl methyl sites for hydroxylation is 1. The van der Waals surface area contributed by atoms with Crippen LogP contribution >= 0.6 is 0 Å². The summed E-state index contributed by atoms with van der Waals surface area (Å²) >= 11 is 0. The summed E-state index contributed by atoms with van der Waals surface area (Å²) in [6, 6.07) is 22.7. The van der Waals surface area contributed by atoms with E-state index in [2.05, 4.69) is 66.7 Å². The third-order valence-corrected chi connectivity index (χ3v) is 7.36. The van der Waals surface area contributed by atoms with Crippen LogP contribution in [0.15, 0.2) is 72.3 Å². The SMILES string of the molecule is C1=C2CC(C1)C1(CCc3cc4cccc(-c5ccccc5)c4cc3C1)C2. The molecule has 3 aliphatic rings. The molecule has 0 amide bonds. The summed E-state index contributed by atoms with van der Waals surface area (Å²) in [5, 5.41) is 2.83. The molecule has 0 saturated heterocycles. The Balaban J connectivity index is 1.49. The largest absolute Gasteiger partial charge is 0.0850 e. The molecular formula is C26H24. The van der Waals surface area contributed by atoms with E-state index in [1.807, 2.05) is 0 Å². The van der Waals surface area contributed by atoms with Crippen LogP contribution in [-0.4, -0.2) is 0 Å². The first kappa shape index (κ1) is 14.8. The smallest absolute Gasteiger partial charge is 0.0102 e. The maximum Gasteiger partial charge on any atom is -0.0102 e. The number of rotatable bonds is 1. The van der Waals surface area contributed by atoms with Crippen molar-refractivity contribution in [3.05, 3.63) is 83.4 Å². The monoisotopic (exact) mass is 336 g/mol. The molecule has 0 radical (unpaired) electrons. The van der Waals surface area contributed by atoms with Gasteiger partial charge in [0.15, 0.2) is 0 Å². The first-order valence-corrected chi connectivity index (χ1v) is 10.1. The fourth-order valence-corrected chi connectivity index (χ4v) is 6.03. The Labute approximate surface area is 155 Å². The van der Waals surface area contributed by atoms with Gasteiger partial charge in [0, 0.05) is 0 Å². The van der Waals surface area contributed by atoms with E-state index in [-0.39, 0.29) is 0 Å². The van der Waals surface area contributed by atoms with E-state index < -0.39 is 0 Å². The molecule has 3 aromatic carbocycles. The van der Waals surface area contributed by atoms with Gasteiger partial charge in [0.1, 0.15) is 0 Å². The highest BCUT2D eigenvalue weighted by molar-refractivity contribution is 5.97. The Hall–Kier alpha value is -2.34. The highest BCUT2D eigenvalue weighted by Crippen LogP contribution is 2.58. The Morgan fingerprint density at radius 1 is 0.846 bits per heavy atom. The van der Waals surface area contributed by atoms with Crippen molar-refractivity contribution < 1.29 is 0 Å². The zero-order valence-corrected chi connectivity index (χ0v) is 15.2. The van der Waals surface area contributed by atoms with Gasteiger partial charge in [-0.25, -0.2) is 0 Å². The Morgan fingerprint density at radius 3 is 2.58 bits per heavy atom. The summed E-state index contributed by atoms with van der Waals surface area (Å²) in [7, 11) is 0. The minimum absolute atomic E-state index is 0.576. The molecular weight excluding hydrogens is 312 g/mol. The molecule has 1 saturated carbocycles. The molecule has 6 rings (SSSR count). The highest BCUT2D eigenvalue weighted by Gasteiger charge is 2.48. The molecule has 26 heavy (non-hydrogen) atoms. The molecule has 0 nitrogen and oxygen atoms in total. The van der Waals surface area contributed by atoms with Gasteiger partial charge < -0.3 is 0 Å². The van der Waals surface area contributed by atoms with Crippen molar-refractivity contribution in [1.82, 2.24) is 0 Å². The average Bonchev–Trinajstić information content (AvgIpc) is 3.28. The fourth-order valence-electron chi connectivity index (χ4n) is 6.03. The van der Waals surface area contributed by atoms with Gasteiger partial charge in [0.05, 0.1) is 0 Å². The zero-order chi connectivity index (χ0) is 17.1. The lowest BCUT2D eigenvalue weighted by atomic mass is 9.64. The Bertz CT molecular complexity index is 1040. The molecule has 3 aromatic rings. The molecule has 3 aliphatic carbocycles. The van der Waals surface area contributed by atoms with Crippen molar-refractivity contribution in [2.24, 2.45) is 11.3 Å². The Morgan fingerprint density at radius 2 is 1.77 bits per heavy atom. The standard InChI is InChI=1S/C26H24/c1-2-5-19(6-3-1)24-8-4-7-21-14-20-11-12-26(17-22(20)15-25(21)24)16-18-9-10-23(26)13-18/h1-9,14-15,23H,10-13,16-17H2. The van der Waals surface area contributed by atoms with E-state index in [0.29, 0.717) is 5.41 Å². The first-order valence-electron chi connectivity index (χ1n) is 10.1. The molecule has 1 fully saturated rings. The summed E-state index contributed by atoms with van der Waals surface area (Å²) in [5.41, 5.74) is 8.26. The molecule has 128 valence electrons. The van der Waals surface area contributed by atoms with E-state index in [4.69, 9.17) is 0 Å². The second-order valence-corrected chi connectivity index (χ2v) is 8.73. The van der Waals surface area contributed by atoms with Crippen LogP contribution in [-0.2, 0) is 12.8 Å². The summed E-state index contributed by atoms with van der Waals surface area (Å²) in [4.78, 5) is 0. The predicted octanol–water partition coefficient (Wildman–Crippen LogP) is 6.72. The lowest BCUT2D eigenvalue weighted by Gasteiger charge is -2.40. The van der Waals surface area contributed by atoms with Crippen molar-refractivity contribution in [3.63, 3.8) is 0 Å². The van der Waals surface area contributed by atoms with Gasteiger partial charge >= 0.3 is 0 Å². The van der Waals surface area contributed by atoms with E-state index in [0.717, 1.165) is 5.92 Å². The number of hydrogen-bond acceptors (Lipinski definition) is 0. The molecule has 0 heteroatoms. The van der Waals surface area contributed by atoms with Crippen LogP contribution in [0.5, 0.6) is 0 Å². The minimum atomic E-state index is 0.576. The fraction of sp³-hybridized carbons (Fsp3) is 0.308. The van der Waals surface area contributed by atoms with Gasteiger partial charge in [-0.15, -0.1) is 0 Å². The average molecular weight is 336 g/mol. The molecule has 2 bridgehead atoms. The Kier molecular flexibility index (Phi) is 3.03. The molecule has 2 unspecified atom stereocenters. The van der Waals surface area contributed by atoms with E-state index in [9.17, 15) is 0 Å². The summed E-state index contributed by atoms with van der Waals surface area (Å²) in [6.07, 6.45) is 10.6. The third-order valence-electron chi connectivity index (χ3n) is 7.36. The van der Waals surface area contributed by atoms with E-state index >= 15 is 0 Å². The van der Waals surface area contributed by atoms with Gasteiger partial charge in [-0.2, -0.15) is 0 Å². The van der Waals surface area contributed by atoms with Gasteiger partial charge in [0.25, 0.3) is 0 Å². The van der Waals surface area contributed by atoms with Crippen molar-refractivity contribution in [1.29, 1.82) is 0 Å². The minimum Gasteiger partial charge on any atom is -0.0850 e. The zero-order valence-electron chi connectivity index (χ0n) is 15.2. The van der Waals surface area contributed by atoms with Crippen LogP contribution in [0.2, 0.25) is 0 Å². The summed E-state index contributed by atoms with van der Waals surface area (Å²) in [6.45, 7) is 0. The second-order valence-electron chi connectivity index (χ2n) is 8.73. The number of allylic oxidation sites excluding steroid dienone is 2. The van der Waals surface area contributed by atoms with Crippen LogP contribution in [0.4, 0.5) is 0 Å². The number of fused-ring (bicyclic) bond motifs is 5.